The molecule has 0 aromatic carbocycles. The Morgan fingerprint density at radius 3 is 2.94 bits per heavy atom. The summed E-state index contributed by atoms with van der Waals surface area (Å²) in [7, 11) is 2.23. The lowest BCUT2D eigenvalue weighted by molar-refractivity contribution is 0.245. The Morgan fingerprint density at radius 2 is 2.22 bits per heavy atom. The van der Waals surface area contributed by atoms with Crippen LogP contribution in [-0.2, 0) is 6.54 Å². The van der Waals surface area contributed by atoms with Gasteiger partial charge in [0.25, 0.3) is 0 Å². The van der Waals surface area contributed by atoms with Crippen molar-refractivity contribution in [1.29, 1.82) is 0 Å². The molecule has 0 atom stereocenters. The monoisotopic (exact) mass is 267 g/mol. The highest BCUT2D eigenvalue weighted by molar-refractivity contribution is 6.31. The highest BCUT2D eigenvalue weighted by atomic mass is 35.5. The molecule has 0 aliphatic heterocycles. The van der Waals surface area contributed by atoms with Crippen LogP contribution in [0.3, 0.4) is 0 Å². The highest BCUT2D eigenvalue weighted by Gasteiger charge is 2.18. The Morgan fingerprint density at radius 1 is 1.44 bits per heavy atom. The first-order chi connectivity index (χ1) is 8.77. The molecular weight excluding hydrogens is 246 g/mol. The number of pyridine rings is 1. The third kappa shape index (κ3) is 3.94. The van der Waals surface area contributed by atoms with Gasteiger partial charge in [-0.2, -0.15) is 0 Å². The zero-order valence-corrected chi connectivity index (χ0v) is 11.8. The van der Waals surface area contributed by atoms with Crippen molar-refractivity contribution < 1.29 is 0 Å². The normalized spacial score (nSPS) is 16.6. The first-order valence-electron chi connectivity index (χ1n) is 6.76. The highest BCUT2D eigenvalue weighted by Crippen LogP contribution is 2.21. The number of hydrogen-bond acceptors (Lipinski definition) is 3. The average Bonchev–Trinajstić information content (AvgIpc) is 2.90. The van der Waals surface area contributed by atoms with Crippen molar-refractivity contribution in [3.63, 3.8) is 0 Å². The predicted octanol–water partition coefficient (Wildman–Crippen LogP) is 2.70. The Labute approximate surface area is 115 Å². The van der Waals surface area contributed by atoms with E-state index in [4.69, 9.17) is 11.6 Å². The molecule has 1 aliphatic rings. The molecule has 0 saturated heterocycles. The summed E-state index contributed by atoms with van der Waals surface area (Å²) < 4.78 is 0. The van der Waals surface area contributed by atoms with Crippen LogP contribution in [0, 0.1) is 0 Å². The largest absolute Gasteiger partial charge is 0.311 e. The minimum Gasteiger partial charge on any atom is -0.311 e. The van der Waals surface area contributed by atoms with Gasteiger partial charge in [-0.05, 0) is 31.5 Å². The summed E-state index contributed by atoms with van der Waals surface area (Å²) in [6, 6.07) is 2.77. The SMILES string of the molecule is CN(CCNCc1ccncc1Cl)C1CCCC1. The number of likely N-dealkylation sites (N-methyl/N-ethyl adjacent to an activating group) is 1. The number of hydrogen-bond donors (Lipinski definition) is 1. The lowest BCUT2D eigenvalue weighted by Crippen LogP contribution is -2.35. The first kappa shape index (κ1) is 13.8. The zero-order chi connectivity index (χ0) is 12.8. The minimum atomic E-state index is 0.745. The minimum absolute atomic E-state index is 0.745. The molecule has 0 spiro atoms. The molecule has 2 rings (SSSR count). The number of nitrogens with one attached hydrogen (secondary N) is 1. The summed E-state index contributed by atoms with van der Waals surface area (Å²) in [5.74, 6) is 0. The summed E-state index contributed by atoms with van der Waals surface area (Å²) in [4.78, 5) is 6.47. The van der Waals surface area contributed by atoms with Crippen molar-refractivity contribution in [1.82, 2.24) is 15.2 Å². The summed E-state index contributed by atoms with van der Waals surface area (Å²) >= 11 is 6.06. The topological polar surface area (TPSA) is 28.2 Å². The van der Waals surface area contributed by atoms with Crippen molar-refractivity contribution in [2.45, 2.75) is 38.3 Å². The van der Waals surface area contributed by atoms with Crippen LogP contribution < -0.4 is 5.32 Å². The van der Waals surface area contributed by atoms with Gasteiger partial charge in [-0.25, -0.2) is 0 Å². The van der Waals surface area contributed by atoms with E-state index in [0.717, 1.165) is 36.3 Å². The van der Waals surface area contributed by atoms with Crippen molar-refractivity contribution in [2.75, 3.05) is 20.1 Å². The molecule has 1 saturated carbocycles. The number of nitrogens with zero attached hydrogens (tertiary/aromatic N) is 2. The van der Waals surface area contributed by atoms with E-state index in [1.54, 1.807) is 12.4 Å². The van der Waals surface area contributed by atoms with Gasteiger partial charge in [-0.15, -0.1) is 0 Å². The van der Waals surface area contributed by atoms with E-state index in [0.29, 0.717) is 0 Å². The van der Waals surface area contributed by atoms with Gasteiger partial charge in [-0.1, -0.05) is 24.4 Å². The standard InChI is InChI=1S/C14H22ClN3/c1-18(13-4-2-3-5-13)9-8-17-10-12-6-7-16-11-14(12)15/h6-7,11,13,17H,2-5,8-10H2,1H3. The fourth-order valence-electron chi connectivity index (χ4n) is 2.55. The molecule has 1 N–H and O–H groups in total. The van der Waals surface area contributed by atoms with E-state index in [2.05, 4.69) is 22.2 Å². The van der Waals surface area contributed by atoms with Crippen LogP contribution in [0.5, 0.6) is 0 Å². The van der Waals surface area contributed by atoms with Crippen LogP contribution in [0.2, 0.25) is 5.02 Å². The summed E-state index contributed by atoms with van der Waals surface area (Å²) in [6.45, 7) is 2.93. The van der Waals surface area contributed by atoms with Gasteiger partial charge in [0.1, 0.15) is 0 Å². The van der Waals surface area contributed by atoms with Crippen molar-refractivity contribution in [3.8, 4) is 0 Å². The van der Waals surface area contributed by atoms with Gasteiger partial charge < -0.3 is 10.2 Å². The lowest BCUT2D eigenvalue weighted by atomic mass is 10.2. The van der Waals surface area contributed by atoms with Gasteiger partial charge in [-0.3, -0.25) is 4.98 Å². The second-order valence-corrected chi connectivity index (χ2v) is 5.47. The molecule has 1 aromatic heterocycles. The molecule has 0 unspecified atom stereocenters. The molecule has 1 aliphatic carbocycles. The predicted molar refractivity (Wildman–Crippen MR) is 75.8 cm³/mol. The van der Waals surface area contributed by atoms with Crippen LogP contribution in [-0.4, -0.2) is 36.1 Å². The summed E-state index contributed by atoms with van der Waals surface area (Å²) in [5, 5.41) is 4.19. The maximum absolute atomic E-state index is 6.06. The van der Waals surface area contributed by atoms with Gasteiger partial charge in [0, 0.05) is 38.1 Å². The van der Waals surface area contributed by atoms with Gasteiger partial charge >= 0.3 is 0 Å². The molecule has 100 valence electrons. The van der Waals surface area contributed by atoms with E-state index < -0.39 is 0 Å². The number of halogens is 1. The fraction of sp³-hybridized carbons (Fsp3) is 0.643. The van der Waals surface area contributed by atoms with Crippen molar-refractivity contribution in [2.24, 2.45) is 0 Å². The van der Waals surface area contributed by atoms with Crippen LogP contribution in [0.15, 0.2) is 18.5 Å². The molecule has 0 amide bonds. The third-order valence-electron chi connectivity index (χ3n) is 3.76. The molecule has 1 aromatic rings. The van der Waals surface area contributed by atoms with Crippen LogP contribution in [0.25, 0.3) is 0 Å². The number of aromatic nitrogens is 1. The lowest BCUT2D eigenvalue weighted by Gasteiger charge is -2.24. The van der Waals surface area contributed by atoms with E-state index in [1.807, 2.05) is 6.07 Å². The van der Waals surface area contributed by atoms with E-state index >= 15 is 0 Å². The van der Waals surface area contributed by atoms with Crippen molar-refractivity contribution in [3.05, 3.63) is 29.0 Å². The Bertz CT molecular complexity index is 364. The maximum Gasteiger partial charge on any atom is 0.0634 e. The van der Waals surface area contributed by atoms with Crippen molar-refractivity contribution >= 4 is 11.6 Å². The molecule has 4 heteroatoms. The first-order valence-corrected chi connectivity index (χ1v) is 7.14. The molecule has 1 heterocycles. The maximum atomic E-state index is 6.06. The average molecular weight is 268 g/mol. The van der Waals surface area contributed by atoms with Crippen LogP contribution in [0.4, 0.5) is 0 Å². The van der Waals surface area contributed by atoms with E-state index in [9.17, 15) is 0 Å². The summed E-state index contributed by atoms with van der Waals surface area (Å²) in [6.07, 6.45) is 9.01. The zero-order valence-electron chi connectivity index (χ0n) is 11.0. The molecule has 18 heavy (non-hydrogen) atoms. The molecule has 0 radical (unpaired) electrons. The Balaban J connectivity index is 1.65. The van der Waals surface area contributed by atoms with E-state index in [-0.39, 0.29) is 0 Å². The Kier molecular flexibility index (Phi) is 5.42. The third-order valence-corrected chi connectivity index (χ3v) is 4.10. The fourth-order valence-corrected chi connectivity index (χ4v) is 2.74. The molecule has 3 nitrogen and oxygen atoms in total. The van der Waals surface area contributed by atoms with Crippen LogP contribution in [0.1, 0.15) is 31.2 Å². The second-order valence-electron chi connectivity index (χ2n) is 5.06. The van der Waals surface area contributed by atoms with Gasteiger partial charge in [0.2, 0.25) is 0 Å². The molecule has 1 fully saturated rings. The quantitative estimate of drug-likeness (QED) is 0.804. The molecule has 0 bridgehead atoms. The Hall–Kier alpha value is -0.640. The van der Waals surface area contributed by atoms with E-state index in [1.165, 1.54) is 25.7 Å². The van der Waals surface area contributed by atoms with Gasteiger partial charge in [0.15, 0.2) is 0 Å². The van der Waals surface area contributed by atoms with Crippen LogP contribution >= 0.6 is 11.6 Å². The summed E-state index contributed by atoms with van der Waals surface area (Å²) in [5.41, 5.74) is 1.12. The number of rotatable bonds is 6. The van der Waals surface area contributed by atoms with Gasteiger partial charge in [0.05, 0.1) is 5.02 Å². The smallest absolute Gasteiger partial charge is 0.0634 e. The molecular formula is C14H22ClN3. The second kappa shape index (κ2) is 7.07.